The molecule has 66 valence electrons. The fraction of sp³-hybridized carbons (Fsp3) is 0.333. The molecule has 0 aliphatic heterocycles. The van der Waals surface area contributed by atoms with E-state index in [1.807, 2.05) is 12.2 Å². The number of hydrogen-bond acceptors (Lipinski definition) is 3. The van der Waals surface area contributed by atoms with Crippen molar-refractivity contribution < 1.29 is 14.3 Å². The fourth-order valence-electron chi connectivity index (χ4n) is 0.494. The smallest absolute Gasteiger partial charge is 0.302 e. The molecule has 0 fully saturated rings. The molecule has 0 radical (unpaired) electrons. The number of carbonyl (C=O) groups is 2. The van der Waals surface area contributed by atoms with Crippen molar-refractivity contribution in [3.05, 3.63) is 24.3 Å². The van der Waals surface area contributed by atoms with Crippen LogP contribution in [-0.4, -0.2) is 18.9 Å². The number of ether oxygens (including phenoxy) is 1. The van der Waals surface area contributed by atoms with Crippen LogP contribution in [0.4, 0.5) is 0 Å². The fourth-order valence-corrected chi connectivity index (χ4v) is 0.494. The minimum atomic E-state index is -0.245. The van der Waals surface area contributed by atoms with Crippen LogP contribution in [0.2, 0.25) is 0 Å². The van der Waals surface area contributed by atoms with Gasteiger partial charge in [-0.25, -0.2) is 0 Å². The second-order valence-corrected chi connectivity index (χ2v) is 2.15. The number of hydrogen-bond donors (Lipinski definition) is 0. The first kappa shape index (κ1) is 10.6. The highest BCUT2D eigenvalue weighted by atomic mass is 16.5. The summed E-state index contributed by atoms with van der Waals surface area (Å²) in [5.74, 6) is -0.0486. The predicted molar refractivity (Wildman–Crippen MR) is 45.6 cm³/mol. The average Bonchev–Trinajstić information content (AvgIpc) is 2.07. The van der Waals surface area contributed by atoms with Crippen molar-refractivity contribution in [2.45, 2.75) is 13.3 Å². The summed E-state index contributed by atoms with van der Waals surface area (Å²) in [7, 11) is 1.35. The van der Waals surface area contributed by atoms with E-state index >= 15 is 0 Å². The highest BCUT2D eigenvalue weighted by Gasteiger charge is 1.92. The summed E-state index contributed by atoms with van der Waals surface area (Å²) in [5, 5.41) is 0. The van der Waals surface area contributed by atoms with Gasteiger partial charge in [-0.1, -0.05) is 18.2 Å². The lowest BCUT2D eigenvalue weighted by Gasteiger charge is -1.88. The molecule has 0 aromatic rings. The quantitative estimate of drug-likeness (QED) is 0.511. The highest BCUT2D eigenvalue weighted by Crippen LogP contribution is 1.94. The van der Waals surface area contributed by atoms with Gasteiger partial charge in [0, 0.05) is 13.3 Å². The summed E-state index contributed by atoms with van der Waals surface area (Å²) in [6.45, 7) is 1.36. The lowest BCUT2D eigenvalue weighted by atomic mass is 10.2. The lowest BCUT2D eigenvalue weighted by Crippen LogP contribution is -1.90. The van der Waals surface area contributed by atoms with Crippen LogP contribution in [0.3, 0.4) is 0 Å². The minimum absolute atomic E-state index is 0.197. The Kier molecular flexibility index (Phi) is 5.61. The van der Waals surface area contributed by atoms with Gasteiger partial charge in [-0.15, -0.1) is 0 Å². The molecule has 1 aliphatic rings. The zero-order valence-corrected chi connectivity index (χ0v) is 7.24. The van der Waals surface area contributed by atoms with Crippen molar-refractivity contribution in [1.82, 2.24) is 0 Å². The Morgan fingerprint density at radius 1 is 1.50 bits per heavy atom. The third kappa shape index (κ3) is 6.74. The molecular formula is C9H12O3. The Morgan fingerprint density at radius 2 is 2.08 bits per heavy atom. The average molecular weight is 168 g/mol. The van der Waals surface area contributed by atoms with Gasteiger partial charge < -0.3 is 4.74 Å². The second-order valence-electron chi connectivity index (χ2n) is 2.15. The van der Waals surface area contributed by atoms with Gasteiger partial charge in [-0.05, 0) is 6.08 Å². The molecule has 0 saturated heterocycles. The first-order chi connectivity index (χ1) is 5.66. The molecule has 0 N–H and O–H groups in total. The van der Waals surface area contributed by atoms with Gasteiger partial charge in [0.2, 0.25) is 0 Å². The molecule has 0 aromatic carbocycles. The largest absolute Gasteiger partial charge is 0.469 e. The lowest BCUT2D eigenvalue weighted by molar-refractivity contribution is -0.137. The maximum absolute atomic E-state index is 10.3. The highest BCUT2D eigenvalue weighted by molar-refractivity contribution is 5.92. The first-order valence-corrected chi connectivity index (χ1v) is 3.57. The van der Waals surface area contributed by atoms with E-state index in [0.717, 1.165) is 0 Å². The van der Waals surface area contributed by atoms with Crippen LogP contribution in [0.1, 0.15) is 13.3 Å². The molecule has 3 heteroatoms. The summed E-state index contributed by atoms with van der Waals surface area (Å²) < 4.78 is 4.11. The van der Waals surface area contributed by atoms with Crippen molar-refractivity contribution in [1.29, 1.82) is 0 Å². The Hall–Kier alpha value is -1.38. The Labute approximate surface area is 71.7 Å². The maximum Gasteiger partial charge on any atom is 0.302 e. The number of ketones is 1. The molecular weight excluding hydrogens is 156 g/mol. The molecule has 0 saturated carbocycles. The predicted octanol–water partition coefficient (Wildman–Crippen LogP) is 1.25. The minimum Gasteiger partial charge on any atom is -0.469 e. The second kappa shape index (κ2) is 6.34. The molecule has 0 heterocycles. The topological polar surface area (TPSA) is 43.4 Å². The SMILES string of the molecule is COC(C)=O.O=C1C=CC=CC1. The third-order valence-electron chi connectivity index (χ3n) is 1.14. The van der Waals surface area contributed by atoms with Crippen LogP contribution in [0.5, 0.6) is 0 Å². The van der Waals surface area contributed by atoms with Gasteiger partial charge in [0.1, 0.15) is 0 Å². The molecule has 0 amide bonds. The van der Waals surface area contributed by atoms with E-state index in [4.69, 9.17) is 0 Å². The van der Waals surface area contributed by atoms with E-state index in [9.17, 15) is 9.59 Å². The summed E-state index contributed by atoms with van der Waals surface area (Å²) in [5.41, 5.74) is 0. The molecule has 3 nitrogen and oxygen atoms in total. The maximum atomic E-state index is 10.3. The van der Waals surface area contributed by atoms with E-state index < -0.39 is 0 Å². The van der Waals surface area contributed by atoms with Gasteiger partial charge in [-0.2, -0.15) is 0 Å². The number of rotatable bonds is 0. The molecule has 1 rings (SSSR count). The van der Waals surface area contributed by atoms with E-state index in [2.05, 4.69) is 4.74 Å². The monoisotopic (exact) mass is 168 g/mol. The number of methoxy groups -OCH3 is 1. The van der Waals surface area contributed by atoms with Gasteiger partial charge in [0.15, 0.2) is 5.78 Å². The van der Waals surface area contributed by atoms with Crippen LogP contribution >= 0.6 is 0 Å². The zero-order chi connectivity index (χ0) is 9.40. The van der Waals surface area contributed by atoms with Crippen molar-refractivity contribution in [2.75, 3.05) is 7.11 Å². The van der Waals surface area contributed by atoms with Crippen LogP contribution in [0.25, 0.3) is 0 Å². The van der Waals surface area contributed by atoms with Gasteiger partial charge in [0.25, 0.3) is 0 Å². The van der Waals surface area contributed by atoms with Gasteiger partial charge in [-0.3, -0.25) is 9.59 Å². The standard InChI is InChI=1S/C6H6O.C3H6O2/c7-6-4-2-1-3-5-6;1-3(4)5-2/h1-4H,5H2;1-2H3. The molecule has 0 atom stereocenters. The molecule has 0 unspecified atom stereocenters. The van der Waals surface area contributed by atoms with Crippen LogP contribution in [0.15, 0.2) is 24.3 Å². The van der Waals surface area contributed by atoms with Gasteiger partial charge >= 0.3 is 5.97 Å². The summed E-state index contributed by atoms with van der Waals surface area (Å²) in [6.07, 6.45) is 7.64. The normalized spacial score (nSPS) is 13.3. The van der Waals surface area contributed by atoms with Crippen LogP contribution < -0.4 is 0 Å². The van der Waals surface area contributed by atoms with Crippen molar-refractivity contribution in [3.63, 3.8) is 0 Å². The van der Waals surface area contributed by atoms with E-state index in [-0.39, 0.29) is 11.8 Å². The summed E-state index contributed by atoms with van der Waals surface area (Å²) >= 11 is 0. The third-order valence-corrected chi connectivity index (χ3v) is 1.14. The van der Waals surface area contributed by atoms with Crippen LogP contribution in [0, 0.1) is 0 Å². The summed E-state index contributed by atoms with van der Waals surface area (Å²) in [4.78, 5) is 19.9. The van der Waals surface area contributed by atoms with Crippen molar-refractivity contribution in [2.24, 2.45) is 0 Å². The Balaban J connectivity index is 0.000000217. The molecule has 1 aliphatic carbocycles. The summed E-state index contributed by atoms with van der Waals surface area (Å²) in [6, 6.07) is 0. The molecule has 0 aromatic heterocycles. The number of allylic oxidation sites excluding steroid dienone is 4. The van der Waals surface area contributed by atoms with Gasteiger partial charge in [0.05, 0.1) is 7.11 Å². The first-order valence-electron chi connectivity index (χ1n) is 3.57. The van der Waals surface area contributed by atoms with E-state index in [1.54, 1.807) is 12.2 Å². The molecule has 0 spiro atoms. The molecule has 0 bridgehead atoms. The van der Waals surface area contributed by atoms with E-state index in [1.165, 1.54) is 14.0 Å². The van der Waals surface area contributed by atoms with Crippen molar-refractivity contribution >= 4 is 11.8 Å². The number of esters is 1. The van der Waals surface area contributed by atoms with Crippen LogP contribution in [-0.2, 0) is 14.3 Å². The Morgan fingerprint density at radius 3 is 2.25 bits per heavy atom. The molecule has 12 heavy (non-hydrogen) atoms. The Bertz CT molecular complexity index is 214. The van der Waals surface area contributed by atoms with E-state index in [0.29, 0.717) is 6.42 Å². The number of carbonyl (C=O) groups excluding carboxylic acids is 2. The van der Waals surface area contributed by atoms with Crippen molar-refractivity contribution in [3.8, 4) is 0 Å². The zero-order valence-electron chi connectivity index (χ0n) is 7.24.